The third-order valence-electron chi connectivity index (χ3n) is 2.70. The van der Waals surface area contributed by atoms with Gasteiger partial charge < -0.3 is 15.2 Å². The number of rotatable bonds is 5. The van der Waals surface area contributed by atoms with Crippen molar-refractivity contribution < 1.29 is 9.47 Å². The van der Waals surface area contributed by atoms with E-state index in [2.05, 4.69) is 4.98 Å². The summed E-state index contributed by atoms with van der Waals surface area (Å²) in [6.45, 7) is 2.62. The molecule has 1 fully saturated rings. The molecule has 0 spiro atoms. The van der Waals surface area contributed by atoms with E-state index in [0.29, 0.717) is 19.8 Å². The molecule has 16 heavy (non-hydrogen) atoms. The highest BCUT2D eigenvalue weighted by Gasteiger charge is 2.15. The Hall–Kier alpha value is -0.970. The molecule has 1 aliphatic rings. The van der Waals surface area contributed by atoms with Crippen molar-refractivity contribution in [1.29, 1.82) is 0 Å². The van der Waals surface area contributed by atoms with Gasteiger partial charge in [0.1, 0.15) is 0 Å². The Bertz CT molecular complexity index is 307. The lowest BCUT2D eigenvalue weighted by Crippen LogP contribution is -2.14. The normalized spacial score (nSPS) is 20.2. The van der Waals surface area contributed by atoms with Crippen molar-refractivity contribution in [3.63, 3.8) is 0 Å². The van der Waals surface area contributed by atoms with Gasteiger partial charge in [-0.2, -0.15) is 0 Å². The van der Waals surface area contributed by atoms with Crippen molar-refractivity contribution in [1.82, 2.24) is 4.98 Å². The molecule has 4 nitrogen and oxygen atoms in total. The fraction of sp³-hybridized carbons (Fsp3) is 0.583. The van der Waals surface area contributed by atoms with E-state index in [9.17, 15) is 0 Å². The SMILES string of the molecule is NCc1ccc(COCC2CCCO2)nc1. The van der Waals surface area contributed by atoms with E-state index >= 15 is 0 Å². The van der Waals surface area contributed by atoms with Crippen LogP contribution in [0.1, 0.15) is 24.1 Å². The van der Waals surface area contributed by atoms with Gasteiger partial charge in [0, 0.05) is 19.3 Å². The van der Waals surface area contributed by atoms with Gasteiger partial charge in [-0.15, -0.1) is 0 Å². The van der Waals surface area contributed by atoms with Crippen molar-refractivity contribution >= 4 is 0 Å². The molecule has 2 N–H and O–H groups in total. The van der Waals surface area contributed by atoms with Gasteiger partial charge in [0.15, 0.2) is 0 Å². The van der Waals surface area contributed by atoms with E-state index in [1.807, 2.05) is 12.1 Å². The molecule has 0 bridgehead atoms. The fourth-order valence-corrected chi connectivity index (χ4v) is 1.73. The summed E-state index contributed by atoms with van der Waals surface area (Å²) in [4.78, 5) is 4.27. The first-order valence-corrected chi connectivity index (χ1v) is 5.71. The van der Waals surface area contributed by atoms with Crippen LogP contribution in [0.25, 0.3) is 0 Å². The number of aromatic nitrogens is 1. The maximum atomic E-state index is 5.56. The zero-order valence-corrected chi connectivity index (χ0v) is 9.39. The summed E-state index contributed by atoms with van der Waals surface area (Å²) in [7, 11) is 0. The Morgan fingerprint density at radius 1 is 1.50 bits per heavy atom. The second-order valence-electron chi connectivity index (χ2n) is 4.01. The molecular weight excluding hydrogens is 204 g/mol. The molecule has 0 amide bonds. The molecule has 0 aliphatic carbocycles. The first-order chi connectivity index (χ1) is 7.88. The van der Waals surface area contributed by atoms with Gasteiger partial charge in [0.05, 0.1) is 25.0 Å². The first-order valence-electron chi connectivity index (χ1n) is 5.71. The van der Waals surface area contributed by atoms with Gasteiger partial charge in [0.2, 0.25) is 0 Å². The van der Waals surface area contributed by atoms with Crippen LogP contribution in [0.5, 0.6) is 0 Å². The van der Waals surface area contributed by atoms with Gasteiger partial charge in [-0.25, -0.2) is 0 Å². The number of nitrogens with two attached hydrogens (primary N) is 1. The van der Waals surface area contributed by atoms with Crippen molar-refractivity contribution in [2.75, 3.05) is 13.2 Å². The summed E-state index contributed by atoms with van der Waals surface area (Å²) >= 11 is 0. The van der Waals surface area contributed by atoms with Gasteiger partial charge >= 0.3 is 0 Å². The van der Waals surface area contributed by atoms with E-state index in [-0.39, 0.29) is 6.10 Å². The molecule has 1 saturated heterocycles. The standard InChI is InChI=1S/C12H18N2O2/c13-6-10-3-4-11(14-7-10)8-15-9-12-2-1-5-16-12/h3-4,7,12H,1-2,5-6,8-9,13H2. The van der Waals surface area contributed by atoms with Crippen LogP contribution in [0.2, 0.25) is 0 Å². The molecule has 2 rings (SSSR count). The molecule has 0 aromatic carbocycles. The highest BCUT2D eigenvalue weighted by Crippen LogP contribution is 2.12. The second-order valence-corrected chi connectivity index (χ2v) is 4.01. The van der Waals surface area contributed by atoms with Crippen molar-refractivity contribution in [3.05, 3.63) is 29.6 Å². The molecule has 2 heterocycles. The quantitative estimate of drug-likeness (QED) is 0.814. The predicted molar refractivity (Wildman–Crippen MR) is 60.8 cm³/mol. The highest BCUT2D eigenvalue weighted by molar-refractivity contribution is 5.13. The van der Waals surface area contributed by atoms with E-state index in [0.717, 1.165) is 30.7 Å². The van der Waals surface area contributed by atoms with Crippen LogP contribution < -0.4 is 5.73 Å². The average Bonchev–Trinajstić information content (AvgIpc) is 2.83. The highest BCUT2D eigenvalue weighted by atomic mass is 16.5. The van der Waals surface area contributed by atoms with Crippen LogP contribution in [0, 0.1) is 0 Å². The van der Waals surface area contributed by atoms with Crippen molar-refractivity contribution in [2.24, 2.45) is 5.73 Å². The van der Waals surface area contributed by atoms with Crippen LogP contribution in [0.3, 0.4) is 0 Å². The minimum absolute atomic E-state index is 0.281. The molecule has 1 aromatic rings. The molecule has 0 saturated carbocycles. The topological polar surface area (TPSA) is 57.4 Å². The molecule has 1 unspecified atom stereocenters. The third kappa shape index (κ3) is 3.27. The monoisotopic (exact) mass is 222 g/mol. The molecule has 1 atom stereocenters. The Morgan fingerprint density at radius 3 is 3.06 bits per heavy atom. The van der Waals surface area contributed by atoms with Crippen LogP contribution in [0.15, 0.2) is 18.3 Å². The lowest BCUT2D eigenvalue weighted by molar-refractivity contribution is 0.00965. The minimum Gasteiger partial charge on any atom is -0.376 e. The Labute approximate surface area is 95.8 Å². The molecular formula is C12H18N2O2. The number of nitrogens with zero attached hydrogens (tertiary/aromatic N) is 1. The van der Waals surface area contributed by atoms with Crippen molar-refractivity contribution in [3.8, 4) is 0 Å². The first kappa shape index (κ1) is 11.5. The summed E-state index contributed by atoms with van der Waals surface area (Å²) in [5.74, 6) is 0. The summed E-state index contributed by atoms with van der Waals surface area (Å²) in [6, 6.07) is 3.94. The maximum absolute atomic E-state index is 5.56. The smallest absolute Gasteiger partial charge is 0.0889 e. The van der Waals surface area contributed by atoms with Crippen LogP contribution in [-0.2, 0) is 22.6 Å². The second kappa shape index (κ2) is 5.94. The number of pyridine rings is 1. The zero-order chi connectivity index (χ0) is 11.2. The summed E-state index contributed by atoms with van der Waals surface area (Å²) < 4.78 is 11.0. The zero-order valence-electron chi connectivity index (χ0n) is 9.39. The molecule has 88 valence electrons. The molecule has 1 aromatic heterocycles. The largest absolute Gasteiger partial charge is 0.376 e. The molecule has 0 radical (unpaired) electrons. The Balaban J connectivity index is 1.71. The van der Waals surface area contributed by atoms with E-state index < -0.39 is 0 Å². The average molecular weight is 222 g/mol. The maximum Gasteiger partial charge on any atom is 0.0889 e. The lowest BCUT2D eigenvalue weighted by atomic mass is 10.2. The van der Waals surface area contributed by atoms with Gasteiger partial charge in [-0.1, -0.05) is 6.07 Å². The number of ether oxygens (including phenoxy) is 2. The minimum atomic E-state index is 0.281. The number of hydrogen-bond donors (Lipinski definition) is 1. The van der Waals surface area contributed by atoms with E-state index in [1.165, 1.54) is 0 Å². The van der Waals surface area contributed by atoms with Gasteiger partial charge in [0.25, 0.3) is 0 Å². The fourth-order valence-electron chi connectivity index (χ4n) is 1.73. The predicted octanol–water partition coefficient (Wildman–Crippen LogP) is 1.24. The van der Waals surface area contributed by atoms with Crippen LogP contribution >= 0.6 is 0 Å². The van der Waals surface area contributed by atoms with E-state index in [4.69, 9.17) is 15.2 Å². The van der Waals surface area contributed by atoms with E-state index in [1.54, 1.807) is 6.20 Å². The summed E-state index contributed by atoms with van der Waals surface area (Å²) in [6.07, 6.45) is 4.34. The lowest BCUT2D eigenvalue weighted by Gasteiger charge is -2.09. The summed E-state index contributed by atoms with van der Waals surface area (Å²) in [5.41, 5.74) is 7.48. The molecule has 1 aliphatic heterocycles. The third-order valence-corrected chi connectivity index (χ3v) is 2.70. The Kier molecular flexibility index (Phi) is 4.27. The summed E-state index contributed by atoms with van der Waals surface area (Å²) in [5, 5.41) is 0. The van der Waals surface area contributed by atoms with Gasteiger partial charge in [-0.05, 0) is 24.5 Å². The van der Waals surface area contributed by atoms with Gasteiger partial charge in [-0.3, -0.25) is 4.98 Å². The van der Waals surface area contributed by atoms with Crippen LogP contribution in [0.4, 0.5) is 0 Å². The van der Waals surface area contributed by atoms with Crippen LogP contribution in [-0.4, -0.2) is 24.3 Å². The van der Waals surface area contributed by atoms with Crippen molar-refractivity contribution in [2.45, 2.75) is 32.1 Å². The molecule has 4 heteroatoms. The Morgan fingerprint density at radius 2 is 2.44 bits per heavy atom. The number of hydrogen-bond acceptors (Lipinski definition) is 4.